The number of hydrogen-bond donors (Lipinski definition) is 0. The molecule has 0 atom stereocenters. The average molecular weight is 753 g/mol. The Labute approximate surface area is 192 Å². The van der Waals surface area contributed by atoms with Crippen LogP contribution in [0.3, 0.4) is 0 Å². The molecule has 0 aromatic carbocycles. The molecule has 29 heavy (non-hydrogen) atoms. The van der Waals surface area contributed by atoms with E-state index in [2.05, 4.69) is 104 Å². The van der Waals surface area contributed by atoms with Gasteiger partial charge in [-0.1, -0.05) is 0 Å². The van der Waals surface area contributed by atoms with Crippen LogP contribution >= 0.6 is 0 Å². The first kappa shape index (κ1) is 30.0. The van der Waals surface area contributed by atoms with E-state index in [1.54, 1.807) is 0 Å². The van der Waals surface area contributed by atoms with Crippen molar-refractivity contribution in [2.75, 3.05) is 88.1 Å². The molecule has 0 N–H and O–H groups in total. The topological polar surface area (TPSA) is 31.8 Å². The van der Waals surface area contributed by atoms with Crippen LogP contribution in [0, 0.1) is 0 Å². The zero-order chi connectivity index (χ0) is 22.8. The standard InChI is InChI=1S/3C4H10N.3C2H6N.C2H4N.2Ta/c3*1-3-5-4-2;3*1-3-2;1-2-3;;/h3*3-4H2,1-2H3;3*1-2H3;1-2H2;;/q6*-1;;2*+3. The van der Waals surface area contributed by atoms with Crippen LogP contribution in [-0.2, 0) is 35.6 Å². The second-order valence-corrected chi connectivity index (χ2v) is 34.0. The molecule has 0 rings (SSSR count). The van der Waals surface area contributed by atoms with Crippen LogP contribution in [0.5, 0.6) is 0 Å². The zero-order valence-corrected chi connectivity index (χ0v) is 28.1. The second kappa shape index (κ2) is 14.2. The van der Waals surface area contributed by atoms with Crippen molar-refractivity contribution in [3.05, 3.63) is 0 Å². The van der Waals surface area contributed by atoms with Gasteiger partial charge in [-0.3, -0.25) is 0 Å². The number of hydrogen-bond acceptors (Lipinski definition) is 4. The summed E-state index contributed by atoms with van der Waals surface area (Å²) in [5, 5.41) is 0. The molecule has 0 radical (unpaired) electrons. The van der Waals surface area contributed by atoms with E-state index in [0.29, 0.717) is 0 Å². The van der Waals surface area contributed by atoms with Gasteiger partial charge in [0.2, 0.25) is 0 Å². The van der Waals surface area contributed by atoms with Gasteiger partial charge in [0.15, 0.2) is 0 Å². The predicted octanol–water partition coefficient (Wildman–Crippen LogP) is 3.10. The third-order valence-corrected chi connectivity index (χ3v) is 38.2. The van der Waals surface area contributed by atoms with Crippen molar-refractivity contribution in [3.63, 3.8) is 0 Å². The minimum atomic E-state index is -3.16. The van der Waals surface area contributed by atoms with Gasteiger partial charge in [-0.2, -0.15) is 0 Å². The molecule has 0 heterocycles. The van der Waals surface area contributed by atoms with Gasteiger partial charge in [-0.25, -0.2) is 0 Å². The first-order chi connectivity index (χ1) is 13.6. The normalized spacial score (nSPS) is 13.7. The Kier molecular flexibility index (Phi) is 14.8. The van der Waals surface area contributed by atoms with Gasteiger partial charge in [0.1, 0.15) is 0 Å². The van der Waals surface area contributed by atoms with Gasteiger partial charge in [0.05, 0.1) is 0 Å². The average Bonchev–Trinajstić information content (AvgIpc) is 2.66. The molecule has 0 unspecified atom stereocenters. The third-order valence-electron chi connectivity index (χ3n) is 5.85. The first-order valence-corrected chi connectivity index (χ1v) is 23.7. The molecule has 9 heteroatoms. The predicted molar refractivity (Wildman–Crippen MR) is 122 cm³/mol. The summed E-state index contributed by atoms with van der Waals surface area (Å²) in [6, 6.07) is 0. The Morgan fingerprint density at radius 3 is 1.00 bits per heavy atom. The summed E-state index contributed by atoms with van der Waals surface area (Å²) < 4.78 is 22.7. The molecule has 0 aliphatic heterocycles. The van der Waals surface area contributed by atoms with Gasteiger partial charge < -0.3 is 0 Å². The first-order valence-electron chi connectivity index (χ1n) is 11.4. The molecular weight excluding hydrogens is 700 g/mol. The Balaban J connectivity index is 6.43. The van der Waals surface area contributed by atoms with Crippen molar-refractivity contribution in [2.45, 2.75) is 46.2 Å². The summed E-state index contributed by atoms with van der Waals surface area (Å²) in [5.41, 5.74) is 0. The van der Waals surface area contributed by atoms with E-state index in [9.17, 15) is 0 Å². The molecule has 0 bridgehead atoms. The van der Waals surface area contributed by atoms with Gasteiger partial charge >= 0.3 is 193 Å². The van der Waals surface area contributed by atoms with E-state index in [1.807, 2.05) is 0 Å². The molecule has 0 aromatic rings. The molecule has 177 valence electrons. The summed E-state index contributed by atoms with van der Waals surface area (Å²) in [4.78, 5) is 0. The molecule has 0 aliphatic rings. The molecule has 0 spiro atoms. The van der Waals surface area contributed by atoms with E-state index in [-0.39, 0.29) is 0 Å². The van der Waals surface area contributed by atoms with E-state index >= 15 is 0 Å². The Bertz CT molecular complexity index is 425. The molecule has 0 amide bonds. The quantitative estimate of drug-likeness (QED) is 0.256. The van der Waals surface area contributed by atoms with Crippen LogP contribution in [0.4, 0.5) is 0 Å². The SMILES string of the molecule is CC[N](CC)[Ta]([CH2]C[N]=[Ta]([N](C)C)([N](C)C)[N](C)C)([N](CC)CC)[N](CC)CC. The summed E-state index contributed by atoms with van der Waals surface area (Å²) in [6.07, 6.45) is 0. The Morgan fingerprint density at radius 2 is 0.793 bits per heavy atom. The molecule has 0 saturated carbocycles. The fourth-order valence-electron chi connectivity index (χ4n) is 4.76. The van der Waals surface area contributed by atoms with Gasteiger partial charge in [-0.15, -0.1) is 0 Å². The molecule has 0 aromatic heterocycles. The van der Waals surface area contributed by atoms with Gasteiger partial charge in [-0.05, 0) is 0 Å². The monoisotopic (exact) mass is 752 g/mol. The van der Waals surface area contributed by atoms with Crippen molar-refractivity contribution >= 4 is 0 Å². The van der Waals surface area contributed by atoms with E-state index in [0.717, 1.165) is 45.8 Å². The van der Waals surface area contributed by atoms with Crippen LogP contribution in [0.25, 0.3) is 0 Å². The second-order valence-electron chi connectivity index (χ2n) is 7.78. The molecule has 0 fully saturated rings. The van der Waals surface area contributed by atoms with Gasteiger partial charge in [0, 0.05) is 0 Å². The molecule has 0 saturated heterocycles. The number of nitrogens with zero attached hydrogens (tertiary/aromatic N) is 7. The summed E-state index contributed by atoms with van der Waals surface area (Å²) in [7, 11) is 13.3. The molecule has 7 nitrogen and oxygen atoms in total. The maximum atomic E-state index is 5.56. The minimum absolute atomic E-state index is 0.981. The van der Waals surface area contributed by atoms with Crippen LogP contribution in [0.1, 0.15) is 41.5 Å². The van der Waals surface area contributed by atoms with Crippen LogP contribution < -0.4 is 0 Å². The van der Waals surface area contributed by atoms with Crippen molar-refractivity contribution in [2.24, 2.45) is 3.34 Å². The third kappa shape index (κ3) is 6.53. The van der Waals surface area contributed by atoms with Crippen LogP contribution in [0.2, 0.25) is 4.64 Å². The van der Waals surface area contributed by atoms with E-state index in [4.69, 9.17) is 3.34 Å². The van der Waals surface area contributed by atoms with E-state index in [1.165, 1.54) is 4.64 Å². The van der Waals surface area contributed by atoms with Crippen molar-refractivity contribution < 1.29 is 35.6 Å². The molecule has 0 aliphatic carbocycles. The Hall–Kier alpha value is 1.04. The summed E-state index contributed by atoms with van der Waals surface area (Å²) in [5.74, 6) is 0. The fraction of sp³-hybridized carbons (Fsp3) is 1.00. The van der Waals surface area contributed by atoms with Crippen LogP contribution in [-0.4, -0.2) is 108 Å². The van der Waals surface area contributed by atoms with Crippen molar-refractivity contribution in [1.82, 2.24) is 19.8 Å². The summed E-state index contributed by atoms with van der Waals surface area (Å²) >= 11 is -6.22. The van der Waals surface area contributed by atoms with E-state index < -0.39 is 35.6 Å². The zero-order valence-electron chi connectivity index (χ0n) is 21.7. The van der Waals surface area contributed by atoms with Crippen molar-refractivity contribution in [3.8, 4) is 0 Å². The fourth-order valence-corrected chi connectivity index (χ4v) is 36.7. The number of rotatable bonds is 15. The van der Waals surface area contributed by atoms with Gasteiger partial charge in [0.25, 0.3) is 0 Å². The van der Waals surface area contributed by atoms with Crippen LogP contribution in [0.15, 0.2) is 3.34 Å². The summed E-state index contributed by atoms with van der Waals surface area (Å²) in [6.45, 7) is 22.0. The maximum absolute atomic E-state index is 5.56. The van der Waals surface area contributed by atoms with Crippen molar-refractivity contribution in [1.29, 1.82) is 0 Å². The Morgan fingerprint density at radius 1 is 0.517 bits per heavy atom. The molecular formula is C20H52N7Ta2.